The molecule has 3 fully saturated rings. The van der Waals surface area contributed by atoms with E-state index < -0.39 is 33.3 Å². The molecule has 1 aromatic carbocycles. The minimum atomic E-state index is -4.77. The maximum absolute atomic E-state index is 13.3. The van der Waals surface area contributed by atoms with Gasteiger partial charge >= 0.3 is 6.18 Å². The number of sulfonamides is 1. The molecule has 178 valence electrons. The van der Waals surface area contributed by atoms with Crippen LogP contribution in [0.25, 0.3) is 16.9 Å². The third kappa shape index (κ3) is 3.41. The number of nitrogens with one attached hydrogen (secondary N) is 1. The summed E-state index contributed by atoms with van der Waals surface area (Å²) < 4.78 is 70.0. The molecule has 0 spiro atoms. The molecule has 34 heavy (non-hydrogen) atoms. The predicted octanol–water partition coefficient (Wildman–Crippen LogP) is 2.45. The van der Waals surface area contributed by atoms with Crippen LogP contribution in [0.2, 0.25) is 0 Å². The van der Waals surface area contributed by atoms with E-state index in [-0.39, 0.29) is 39.4 Å². The number of alkyl halides is 3. The van der Waals surface area contributed by atoms with E-state index in [1.165, 1.54) is 24.4 Å². The average Bonchev–Trinajstić information content (AvgIpc) is 3.44. The van der Waals surface area contributed by atoms with Gasteiger partial charge in [-0.05, 0) is 49.3 Å². The Hall–Kier alpha value is -3.21. The van der Waals surface area contributed by atoms with Crippen LogP contribution in [0, 0.1) is 16.7 Å². The van der Waals surface area contributed by atoms with Crippen LogP contribution < -0.4 is 10.5 Å². The van der Waals surface area contributed by atoms with Gasteiger partial charge < -0.3 is 10.8 Å². The minimum absolute atomic E-state index is 0.00365. The molecule has 4 N–H and O–H groups in total. The first-order chi connectivity index (χ1) is 15.9. The highest BCUT2D eigenvalue weighted by atomic mass is 32.2. The van der Waals surface area contributed by atoms with Crippen molar-refractivity contribution in [2.24, 2.45) is 5.41 Å². The second kappa shape index (κ2) is 7.14. The molecular formula is C21H19F3N6O3S. The molecule has 0 aliphatic heterocycles. The highest BCUT2D eigenvalue weighted by Crippen LogP contribution is 2.61. The first kappa shape index (κ1) is 22.6. The minimum Gasteiger partial charge on any atom is -0.396 e. The Morgan fingerprint density at radius 3 is 2.65 bits per heavy atom. The van der Waals surface area contributed by atoms with E-state index in [1.807, 2.05) is 6.07 Å². The number of fused-ring (bicyclic) bond motifs is 2. The van der Waals surface area contributed by atoms with Crippen molar-refractivity contribution in [3.8, 4) is 17.3 Å². The Bertz CT molecular complexity index is 1470. The van der Waals surface area contributed by atoms with Crippen molar-refractivity contribution in [1.29, 1.82) is 5.26 Å². The molecule has 3 aromatic rings. The van der Waals surface area contributed by atoms with Gasteiger partial charge in [0.15, 0.2) is 17.2 Å². The van der Waals surface area contributed by atoms with Crippen LogP contribution in [0.4, 0.5) is 19.0 Å². The zero-order valence-corrected chi connectivity index (χ0v) is 18.4. The van der Waals surface area contributed by atoms with Gasteiger partial charge in [0.2, 0.25) is 10.0 Å². The van der Waals surface area contributed by atoms with E-state index >= 15 is 0 Å². The van der Waals surface area contributed by atoms with Gasteiger partial charge in [0.1, 0.15) is 0 Å². The van der Waals surface area contributed by atoms with Crippen molar-refractivity contribution in [1.82, 2.24) is 19.1 Å². The van der Waals surface area contributed by atoms with E-state index in [0.717, 1.165) is 10.8 Å². The van der Waals surface area contributed by atoms with E-state index in [9.17, 15) is 32.0 Å². The van der Waals surface area contributed by atoms with Gasteiger partial charge in [0.25, 0.3) is 0 Å². The first-order valence-corrected chi connectivity index (χ1v) is 11.8. The highest BCUT2D eigenvalue weighted by molar-refractivity contribution is 7.89. The van der Waals surface area contributed by atoms with Gasteiger partial charge in [-0.3, -0.25) is 4.40 Å². The van der Waals surface area contributed by atoms with Crippen molar-refractivity contribution >= 4 is 21.5 Å². The lowest BCUT2D eigenvalue weighted by Gasteiger charge is -2.46. The van der Waals surface area contributed by atoms with Crippen molar-refractivity contribution < 1.29 is 26.7 Å². The molecule has 13 heteroatoms. The van der Waals surface area contributed by atoms with Gasteiger partial charge in [-0.15, -0.1) is 0 Å². The van der Waals surface area contributed by atoms with Gasteiger partial charge in [-0.25, -0.2) is 23.1 Å². The Morgan fingerprint density at radius 1 is 1.29 bits per heavy atom. The zero-order valence-electron chi connectivity index (χ0n) is 17.6. The SMILES string of the molecule is N#Cc1ccc(S(=O)(=O)NC23CCC(CO)(C2)C3)cc1-c1cnc2c(N)nc(C(F)(F)F)cn12. The number of nitrogens with two attached hydrogens (primary N) is 1. The number of halogens is 3. The molecule has 2 bridgehead atoms. The maximum atomic E-state index is 13.3. The molecule has 0 saturated heterocycles. The Kier molecular flexibility index (Phi) is 4.74. The van der Waals surface area contributed by atoms with Crippen molar-refractivity contribution in [3.05, 3.63) is 41.9 Å². The fraction of sp³-hybridized carbons (Fsp3) is 0.381. The number of nitrogen functional groups attached to an aromatic ring is 1. The molecule has 0 unspecified atom stereocenters. The van der Waals surface area contributed by atoms with E-state index in [2.05, 4.69) is 14.7 Å². The van der Waals surface area contributed by atoms with Crippen LogP contribution in [-0.2, 0) is 16.2 Å². The number of imidazole rings is 1. The lowest BCUT2D eigenvalue weighted by Crippen LogP contribution is -2.56. The summed E-state index contributed by atoms with van der Waals surface area (Å²) in [5.41, 5.74) is 3.68. The number of benzene rings is 1. The molecular weight excluding hydrogens is 473 g/mol. The number of hydrogen-bond acceptors (Lipinski definition) is 7. The van der Waals surface area contributed by atoms with Crippen LogP contribution in [-0.4, -0.2) is 40.0 Å². The summed E-state index contributed by atoms with van der Waals surface area (Å²) in [6.45, 7) is 0.00365. The quantitative estimate of drug-likeness (QED) is 0.496. The second-order valence-electron chi connectivity index (χ2n) is 9.06. The number of aliphatic hydroxyl groups excluding tert-OH is 1. The van der Waals surface area contributed by atoms with Gasteiger partial charge in [-0.1, -0.05) is 0 Å². The fourth-order valence-corrected chi connectivity index (χ4v) is 6.70. The highest BCUT2D eigenvalue weighted by Gasteiger charge is 2.61. The maximum Gasteiger partial charge on any atom is 0.434 e. The lowest BCUT2D eigenvalue weighted by atomic mass is 9.66. The summed E-state index contributed by atoms with van der Waals surface area (Å²) in [6, 6.07) is 5.74. The molecule has 9 nitrogen and oxygen atoms in total. The number of hydrogen-bond donors (Lipinski definition) is 3. The number of nitrogens with zero attached hydrogens (tertiary/aromatic N) is 4. The monoisotopic (exact) mass is 492 g/mol. The normalized spacial score (nSPS) is 24.2. The molecule has 2 heterocycles. The Morgan fingerprint density at radius 2 is 2.03 bits per heavy atom. The molecule has 0 radical (unpaired) electrons. The van der Waals surface area contributed by atoms with Crippen LogP contribution in [0.15, 0.2) is 35.5 Å². The number of nitriles is 1. The van der Waals surface area contributed by atoms with Gasteiger partial charge in [0, 0.05) is 23.9 Å². The van der Waals surface area contributed by atoms with E-state index in [4.69, 9.17) is 5.73 Å². The Balaban J connectivity index is 1.58. The van der Waals surface area contributed by atoms with Crippen LogP contribution in [0.5, 0.6) is 0 Å². The smallest absolute Gasteiger partial charge is 0.396 e. The average molecular weight is 492 g/mol. The number of anilines is 1. The van der Waals surface area contributed by atoms with Crippen molar-refractivity contribution in [2.75, 3.05) is 12.3 Å². The molecule has 3 aliphatic carbocycles. The van der Waals surface area contributed by atoms with Crippen molar-refractivity contribution in [2.45, 2.75) is 42.3 Å². The molecule has 3 saturated carbocycles. The van der Waals surface area contributed by atoms with Crippen LogP contribution in [0.1, 0.15) is 36.9 Å². The first-order valence-electron chi connectivity index (χ1n) is 10.3. The summed E-state index contributed by atoms with van der Waals surface area (Å²) in [6.07, 6.45) is -0.444. The zero-order chi connectivity index (χ0) is 24.5. The molecule has 6 rings (SSSR count). The second-order valence-corrected chi connectivity index (χ2v) is 10.7. The topological polar surface area (TPSA) is 146 Å². The fourth-order valence-electron chi connectivity index (χ4n) is 5.25. The molecule has 2 aromatic heterocycles. The van der Waals surface area contributed by atoms with Crippen molar-refractivity contribution in [3.63, 3.8) is 0 Å². The van der Waals surface area contributed by atoms with Crippen LogP contribution >= 0.6 is 0 Å². The summed E-state index contributed by atoms with van der Waals surface area (Å²) in [4.78, 5) is 7.21. The number of rotatable bonds is 5. The Labute approximate surface area is 192 Å². The molecule has 0 amide bonds. The standard InChI is InChI=1S/C21H19F3N6O3S/c22-21(23,24)16-8-30-15(7-27-18(30)17(26)28-16)14-5-13(2-1-12(14)6-25)34(32,33)29-20-4-3-19(9-20,10-20)11-31/h1-2,5,7-8,29,31H,3-4,9-11H2,(H2,26,28). The lowest BCUT2D eigenvalue weighted by molar-refractivity contribution is -0.141. The number of aliphatic hydroxyl groups is 1. The predicted molar refractivity (Wildman–Crippen MR) is 114 cm³/mol. The van der Waals surface area contributed by atoms with E-state index in [1.54, 1.807) is 0 Å². The largest absolute Gasteiger partial charge is 0.434 e. The third-order valence-electron chi connectivity index (χ3n) is 6.75. The molecule has 3 aliphatic rings. The number of aromatic nitrogens is 3. The summed E-state index contributed by atoms with van der Waals surface area (Å²) in [5.74, 6) is -0.456. The van der Waals surface area contributed by atoms with Gasteiger partial charge in [-0.2, -0.15) is 18.4 Å². The summed E-state index contributed by atoms with van der Waals surface area (Å²) in [5, 5.41) is 19.1. The summed E-state index contributed by atoms with van der Waals surface area (Å²) >= 11 is 0. The van der Waals surface area contributed by atoms with Crippen LogP contribution in [0.3, 0.4) is 0 Å². The third-order valence-corrected chi connectivity index (χ3v) is 8.33. The van der Waals surface area contributed by atoms with Gasteiger partial charge in [0.05, 0.1) is 28.4 Å². The molecule has 0 atom stereocenters. The summed E-state index contributed by atoms with van der Waals surface area (Å²) in [7, 11) is -4.02. The van der Waals surface area contributed by atoms with E-state index in [0.29, 0.717) is 25.5 Å².